The molecule has 1 amide bonds. The van der Waals surface area contributed by atoms with Gasteiger partial charge in [0.25, 0.3) is 5.91 Å². The molecule has 3 rings (SSSR count). The first kappa shape index (κ1) is 34.0. The van der Waals surface area contributed by atoms with Crippen LogP contribution in [0.25, 0.3) is 10.2 Å². The summed E-state index contributed by atoms with van der Waals surface area (Å²) in [6, 6.07) is 7.87. The Kier molecular flexibility index (Phi) is 12.4. The number of benzene rings is 2. The van der Waals surface area contributed by atoms with Crippen LogP contribution in [0.15, 0.2) is 41.3 Å². The van der Waals surface area contributed by atoms with Gasteiger partial charge >= 0.3 is 0 Å². The van der Waals surface area contributed by atoms with E-state index in [1.54, 1.807) is 0 Å². The molecule has 1 heterocycles. The summed E-state index contributed by atoms with van der Waals surface area (Å²) in [5.74, 6) is -1.58. The molecule has 0 saturated carbocycles. The molecule has 0 aliphatic carbocycles. The molecule has 0 radical (unpaired) electrons. The monoisotopic (exact) mass is 616 g/mol. The Morgan fingerprint density at radius 3 is 2.05 bits per heavy atom. The molecule has 40 heavy (non-hydrogen) atoms. The van der Waals surface area contributed by atoms with Crippen molar-refractivity contribution in [3.8, 4) is 0 Å². The molecule has 3 aromatic rings. The fourth-order valence-corrected chi connectivity index (χ4v) is 7.08. The average Bonchev–Trinajstić information content (AvgIpc) is 3.29. The van der Waals surface area contributed by atoms with Crippen molar-refractivity contribution < 1.29 is 22.0 Å². The summed E-state index contributed by atoms with van der Waals surface area (Å²) in [4.78, 5) is 21.7. The zero-order valence-electron chi connectivity index (χ0n) is 23.9. The van der Waals surface area contributed by atoms with E-state index in [4.69, 9.17) is 0 Å². The average molecular weight is 617 g/mol. The quantitative estimate of drug-likeness (QED) is 0.226. The van der Waals surface area contributed by atoms with Crippen molar-refractivity contribution in [3.05, 3.63) is 53.6 Å². The van der Waals surface area contributed by atoms with Crippen LogP contribution in [0.5, 0.6) is 0 Å². The summed E-state index contributed by atoms with van der Waals surface area (Å²) in [7, 11) is -3.75. The van der Waals surface area contributed by atoms with Crippen LogP contribution in [0.2, 0.25) is 0 Å². The maximum Gasteiger partial charge on any atom is 0.260 e. The Morgan fingerprint density at radius 1 is 0.950 bits per heavy atom. The summed E-state index contributed by atoms with van der Waals surface area (Å²) in [5, 5.41) is 0.253. The number of carbonyl (C=O) groups is 1. The lowest BCUT2D eigenvalue weighted by Gasteiger charge is -2.26. The van der Waals surface area contributed by atoms with E-state index in [2.05, 4.69) is 9.88 Å². The number of likely N-dealkylation sites (N-methyl/N-ethyl adjacent to an activating group) is 1. The number of amides is 1. The molecule has 0 atom stereocenters. The van der Waals surface area contributed by atoms with Crippen molar-refractivity contribution >= 4 is 55.0 Å². The van der Waals surface area contributed by atoms with E-state index < -0.39 is 27.6 Å². The van der Waals surface area contributed by atoms with Crippen LogP contribution in [-0.4, -0.2) is 67.8 Å². The first-order chi connectivity index (χ1) is 18.4. The number of halogens is 3. The molecule has 0 bridgehead atoms. The highest BCUT2D eigenvalue weighted by atomic mass is 35.5. The highest BCUT2D eigenvalue weighted by Crippen LogP contribution is 2.32. The van der Waals surface area contributed by atoms with E-state index >= 15 is 0 Å². The van der Waals surface area contributed by atoms with Gasteiger partial charge in [0, 0.05) is 37.8 Å². The summed E-state index contributed by atoms with van der Waals surface area (Å²) in [5.41, 5.74) is 0.285. The lowest BCUT2D eigenvalue weighted by Crippen LogP contribution is -2.39. The molecular formula is C28H39ClF2N4O3S2. The molecule has 0 N–H and O–H groups in total. The highest BCUT2D eigenvalue weighted by Gasteiger charge is 2.27. The molecule has 222 valence electrons. The minimum absolute atomic E-state index is 0. The van der Waals surface area contributed by atoms with Gasteiger partial charge in [-0.05, 0) is 55.3 Å². The zero-order chi connectivity index (χ0) is 28.9. The standard InChI is InChI=1S/C28H38F2N4O3S2.ClH/c1-7-32(8-2)13-14-34(28-31-26-24(30)15-22(29)16-25(26)38-28)27(35)21-9-11-23(12-10-21)39(36,37)33(17-19(3)4)18-20(5)6;/h9-12,15-16,19-20H,7-8,13-14,17-18H2,1-6H3;1H. The first-order valence-electron chi connectivity index (χ1n) is 13.3. The van der Waals surface area contributed by atoms with E-state index in [0.29, 0.717) is 24.3 Å². The van der Waals surface area contributed by atoms with Gasteiger partial charge in [-0.25, -0.2) is 22.2 Å². The predicted molar refractivity (Wildman–Crippen MR) is 161 cm³/mol. The normalized spacial score (nSPS) is 12.1. The fraction of sp³-hybridized carbons (Fsp3) is 0.500. The minimum Gasteiger partial charge on any atom is -0.302 e. The van der Waals surface area contributed by atoms with Gasteiger partial charge < -0.3 is 4.90 Å². The van der Waals surface area contributed by atoms with Crippen LogP contribution in [0.4, 0.5) is 13.9 Å². The third kappa shape index (κ3) is 8.19. The van der Waals surface area contributed by atoms with E-state index in [-0.39, 0.29) is 51.9 Å². The van der Waals surface area contributed by atoms with Crippen LogP contribution in [0.1, 0.15) is 51.9 Å². The van der Waals surface area contributed by atoms with E-state index in [1.165, 1.54) is 39.5 Å². The SMILES string of the molecule is CCN(CC)CCN(C(=O)c1ccc(S(=O)(=O)N(CC(C)C)CC(C)C)cc1)c1nc2c(F)cc(F)cc2s1.Cl. The highest BCUT2D eigenvalue weighted by molar-refractivity contribution is 7.89. The summed E-state index contributed by atoms with van der Waals surface area (Å²) < 4.78 is 56.8. The van der Waals surface area contributed by atoms with Gasteiger partial charge in [0.15, 0.2) is 10.9 Å². The second kappa shape index (κ2) is 14.6. The molecule has 7 nitrogen and oxygen atoms in total. The molecular weight excluding hydrogens is 578 g/mol. The van der Waals surface area contributed by atoms with E-state index in [9.17, 15) is 22.0 Å². The second-order valence-corrected chi connectivity index (χ2v) is 13.3. The molecule has 0 saturated heterocycles. The van der Waals surface area contributed by atoms with E-state index in [1.807, 2.05) is 41.5 Å². The van der Waals surface area contributed by atoms with Crippen LogP contribution < -0.4 is 4.90 Å². The van der Waals surface area contributed by atoms with Crippen LogP contribution in [-0.2, 0) is 10.0 Å². The molecule has 0 spiro atoms. The van der Waals surface area contributed by atoms with Crippen molar-refractivity contribution in [2.45, 2.75) is 46.4 Å². The Labute approximate surface area is 246 Å². The lowest BCUT2D eigenvalue weighted by atomic mass is 10.2. The number of anilines is 1. The van der Waals surface area contributed by atoms with Crippen LogP contribution in [0.3, 0.4) is 0 Å². The number of hydrogen-bond acceptors (Lipinski definition) is 6. The first-order valence-corrected chi connectivity index (χ1v) is 15.5. The van der Waals surface area contributed by atoms with Crippen LogP contribution in [0, 0.1) is 23.5 Å². The minimum atomic E-state index is -3.75. The number of nitrogens with zero attached hydrogens (tertiary/aromatic N) is 4. The molecule has 0 unspecified atom stereocenters. The van der Waals surface area contributed by atoms with Crippen molar-refractivity contribution in [3.63, 3.8) is 0 Å². The van der Waals surface area contributed by atoms with Gasteiger partial charge in [0.05, 0.1) is 9.60 Å². The Morgan fingerprint density at radius 2 is 1.52 bits per heavy atom. The number of aromatic nitrogens is 1. The van der Waals surface area contributed by atoms with Crippen molar-refractivity contribution in [2.75, 3.05) is 44.2 Å². The molecule has 12 heteroatoms. The van der Waals surface area contributed by atoms with Crippen molar-refractivity contribution in [2.24, 2.45) is 11.8 Å². The van der Waals surface area contributed by atoms with Gasteiger partial charge in [-0.2, -0.15) is 4.31 Å². The smallest absolute Gasteiger partial charge is 0.260 e. The molecule has 2 aromatic carbocycles. The summed E-state index contributed by atoms with van der Waals surface area (Å²) in [6.07, 6.45) is 0. The molecule has 0 aliphatic rings. The number of thiazole rings is 1. The van der Waals surface area contributed by atoms with Gasteiger partial charge in [-0.3, -0.25) is 9.69 Å². The Bertz CT molecular complexity index is 1370. The van der Waals surface area contributed by atoms with Gasteiger partial charge in [-0.1, -0.05) is 52.9 Å². The maximum absolute atomic E-state index is 14.4. The number of hydrogen-bond donors (Lipinski definition) is 0. The molecule has 0 fully saturated rings. The Hall–Kier alpha value is -2.18. The maximum atomic E-state index is 14.4. The Balaban J connectivity index is 0.00000560. The van der Waals surface area contributed by atoms with Crippen LogP contribution >= 0.6 is 23.7 Å². The number of rotatable bonds is 13. The van der Waals surface area contributed by atoms with E-state index in [0.717, 1.165) is 30.5 Å². The number of sulfonamides is 1. The predicted octanol–water partition coefficient (Wildman–Crippen LogP) is 6.29. The fourth-order valence-electron chi connectivity index (χ4n) is 4.29. The van der Waals surface area contributed by atoms with Gasteiger partial charge in [-0.15, -0.1) is 12.4 Å². The molecule has 1 aromatic heterocycles. The largest absolute Gasteiger partial charge is 0.302 e. The number of carbonyl (C=O) groups excluding carboxylic acids is 1. The second-order valence-electron chi connectivity index (χ2n) is 10.3. The third-order valence-corrected chi connectivity index (χ3v) is 9.16. The van der Waals surface area contributed by atoms with Crippen molar-refractivity contribution in [1.82, 2.24) is 14.2 Å². The number of fused-ring (bicyclic) bond motifs is 1. The summed E-state index contributed by atoms with van der Waals surface area (Å²) >= 11 is 1.04. The topological polar surface area (TPSA) is 73.8 Å². The zero-order valence-corrected chi connectivity index (χ0v) is 26.3. The van der Waals surface area contributed by atoms with Gasteiger partial charge in [0.1, 0.15) is 11.3 Å². The third-order valence-electron chi connectivity index (χ3n) is 6.29. The lowest BCUT2D eigenvalue weighted by molar-refractivity contribution is 0.0983. The van der Waals surface area contributed by atoms with Gasteiger partial charge in [0.2, 0.25) is 10.0 Å². The van der Waals surface area contributed by atoms with Crippen molar-refractivity contribution in [1.29, 1.82) is 0 Å². The summed E-state index contributed by atoms with van der Waals surface area (Å²) in [6.45, 7) is 15.1. The molecule has 0 aliphatic heterocycles.